The van der Waals surface area contributed by atoms with Gasteiger partial charge in [0.1, 0.15) is 18.2 Å². The quantitative estimate of drug-likeness (QED) is 0.908. The predicted molar refractivity (Wildman–Crippen MR) is 79.7 cm³/mol. The molecule has 0 aromatic heterocycles. The largest absolute Gasteiger partial charge is 0.489 e. The Morgan fingerprint density at radius 3 is 2.70 bits per heavy atom. The summed E-state index contributed by atoms with van der Waals surface area (Å²) in [6, 6.07) is 10.2. The van der Waals surface area contributed by atoms with Gasteiger partial charge in [-0.2, -0.15) is 0 Å². The molecular weight excluding hydrogens is 277 g/mol. The lowest BCUT2D eigenvalue weighted by atomic mass is 10.1. The van der Waals surface area contributed by atoms with E-state index in [2.05, 4.69) is 6.07 Å². The fourth-order valence-corrected chi connectivity index (χ4v) is 2.18. The van der Waals surface area contributed by atoms with Crippen molar-refractivity contribution >= 4 is 11.6 Å². The number of hydrogen-bond acceptors (Lipinski definition) is 2. The average Bonchev–Trinajstić information content (AvgIpc) is 2.42. The Morgan fingerprint density at radius 1 is 1.15 bits per heavy atom. The van der Waals surface area contributed by atoms with Crippen LogP contribution in [0.3, 0.4) is 0 Å². The van der Waals surface area contributed by atoms with Crippen molar-refractivity contribution in [2.45, 2.75) is 20.0 Å². The second-order valence-electron chi connectivity index (χ2n) is 4.67. The summed E-state index contributed by atoms with van der Waals surface area (Å²) >= 11 is 6.02. The highest BCUT2D eigenvalue weighted by atomic mass is 35.5. The van der Waals surface area contributed by atoms with E-state index in [9.17, 15) is 4.39 Å². The highest BCUT2D eigenvalue weighted by molar-refractivity contribution is 6.31. The number of halogens is 2. The minimum absolute atomic E-state index is 0.233. The van der Waals surface area contributed by atoms with Crippen LogP contribution in [-0.2, 0) is 13.0 Å². The number of rotatable bonds is 5. The molecule has 2 aromatic rings. The summed E-state index contributed by atoms with van der Waals surface area (Å²) in [5.74, 6) is 0.445. The molecule has 0 aliphatic heterocycles. The molecule has 2 nitrogen and oxygen atoms in total. The second-order valence-corrected chi connectivity index (χ2v) is 5.08. The van der Waals surface area contributed by atoms with Crippen LogP contribution in [0.25, 0.3) is 0 Å². The van der Waals surface area contributed by atoms with Gasteiger partial charge in [0.2, 0.25) is 0 Å². The van der Waals surface area contributed by atoms with Crippen molar-refractivity contribution in [3.8, 4) is 5.75 Å². The number of ether oxygens (including phenoxy) is 1. The molecule has 0 spiro atoms. The van der Waals surface area contributed by atoms with Gasteiger partial charge in [-0.3, -0.25) is 0 Å². The molecule has 0 amide bonds. The first-order valence-corrected chi connectivity index (χ1v) is 6.84. The SMILES string of the molecule is Cc1ccc(OCc2cc(F)ccc2Cl)c(CCN)c1. The van der Waals surface area contributed by atoms with Crippen LogP contribution in [0.4, 0.5) is 4.39 Å². The molecule has 0 unspecified atom stereocenters. The van der Waals surface area contributed by atoms with Crippen molar-refractivity contribution < 1.29 is 9.13 Å². The Labute approximate surface area is 123 Å². The molecule has 106 valence electrons. The maximum atomic E-state index is 13.2. The number of hydrogen-bond donors (Lipinski definition) is 1. The summed E-state index contributed by atoms with van der Waals surface area (Å²) in [7, 11) is 0. The van der Waals surface area contributed by atoms with Gasteiger partial charge in [0.25, 0.3) is 0 Å². The Hall–Kier alpha value is -1.58. The number of nitrogens with two attached hydrogens (primary N) is 1. The lowest BCUT2D eigenvalue weighted by Gasteiger charge is -2.13. The smallest absolute Gasteiger partial charge is 0.123 e. The van der Waals surface area contributed by atoms with E-state index in [1.807, 2.05) is 19.1 Å². The van der Waals surface area contributed by atoms with Gasteiger partial charge in [-0.25, -0.2) is 4.39 Å². The van der Waals surface area contributed by atoms with Crippen LogP contribution in [0.2, 0.25) is 5.02 Å². The molecule has 0 heterocycles. The Bertz CT molecular complexity index is 601. The van der Waals surface area contributed by atoms with Gasteiger partial charge in [0.15, 0.2) is 0 Å². The molecule has 0 aliphatic rings. The van der Waals surface area contributed by atoms with Gasteiger partial charge >= 0.3 is 0 Å². The zero-order valence-electron chi connectivity index (χ0n) is 11.3. The van der Waals surface area contributed by atoms with Crippen LogP contribution in [0.15, 0.2) is 36.4 Å². The van der Waals surface area contributed by atoms with Crippen LogP contribution in [0.1, 0.15) is 16.7 Å². The van der Waals surface area contributed by atoms with Gasteiger partial charge in [-0.15, -0.1) is 0 Å². The third-order valence-corrected chi connectivity index (χ3v) is 3.39. The van der Waals surface area contributed by atoms with E-state index < -0.39 is 0 Å². The van der Waals surface area contributed by atoms with Gasteiger partial charge in [0.05, 0.1) is 0 Å². The fraction of sp³-hybridized carbons (Fsp3) is 0.250. The molecule has 0 saturated heterocycles. The first-order valence-electron chi connectivity index (χ1n) is 6.46. The summed E-state index contributed by atoms with van der Waals surface area (Å²) < 4.78 is 19.0. The first-order chi connectivity index (χ1) is 9.60. The zero-order valence-corrected chi connectivity index (χ0v) is 12.1. The summed E-state index contributed by atoms with van der Waals surface area (Å²) in [5.41, 5.74) is 8.45. The van der Waals surface area contributed by atoms with Gasteiger partial charge in [0, 0.05) is 10.6 Å². The molecule has 20 heavy (non-hydrogen) atoms. The molecule has 0 bridgehead atoms. The standard InChI is InChI=1S/C16H17ClFNO/c1-11-2-5-16(12(8-11)6-7-19)20-10-13-9-14(18)3-4-15(13)17/h2-5,8-9H,6-7,10,19H2,1H3. The second kappa shape index (κ2) is 6.73. The third kappa shape index (κ3) is 3.71. The molecular formula is C16H17ClFNO. The first kappa shape index (κ1) is 14.8. The number of benzene rings is 2. The molecule has 0 fully saturated rings. The van der Waals surface area contributed by atoms with E-state index in [1.54, 1.807) is 0 Å². The average molecular weight is 294 g/mol. The van der Waals surface area contributed by atoms with Crippen molar-refractivity contribution in [1.29, 1.82) is 0 Å². The van der Waals surface area contributed by atoms with Crippen LogP contribution < -0.4 is 10.5 Å². The van der Waals surface area contributed by atoms with E-state index in [-0.39, 0.29) is 12.4 Å². The van der Waals surface area contributed by atoms with Crippen molar-refractivity contribution in [3.05, 3.63) is 63.9 Å². The van der Waals surface area contributed by atoms with Crippen LogP contribution >= 0.6 is 11.6 Å². The summed E-state index contributed by atoms with van der Waals surface area (Å²) in [4.78, 5) is 0. The Balaban J connectivity index is 2.16. The zero-order chi connectivity index (χ0) is 14.5. The lowest BCUT2D eigenvalue weighted by Crippen LogP contribution is -2.06. The van der Waals surface area contributed by atoms with Crippen molar-refractivity contribution in [1.82, 2.24) is 0 Å². The predicted octanol–water partition coefficient (Wildman–Crippen LogP) is 3.87. The number of aryl methyl sites for hydroxylation is 1. The molecule has 2 aromatic carbocycles. The molecule has 0 atom stereocenters. The fourth-order valence-electron chi connectivity index (χ4n) is 2.01. The topological polar surface area (TPSA) is 35.2 Å². The van der Waals surface area contributed by atoms with Crippen LogP contribution in [-0.4, -0.2) is 6.54 Å². The Kier molecular flexibility index (Phi) is 4.99. The van der Waals surface area contributed by atoms with Crippen molar-refractivity contribution in [2.75, 3.05) is 6.54 Å². The highest BCUT2D eigenvalue weighted by Crippen LogP contribution is 2.24. The molecule has 0 aliphatic carbocycles. The van der Waals surface area contributed by atoms with Gasteiger partial charge in [-0.1, -0.05) is 29.3 Å². The van der Waals surface area contributed by atoms with E-state index in [4.69, 9.17) is 22.1 Å². The Morgan fingerprint density at radius 2 is 1.95 bits per heavy atom. The van der Waals surface area contributed by atoms with Crippen molar-refractivity contribution in [3.63, 3.8) is 0 Å². The maximum Gasteiger partial charge on any atom is 0.123 e. The van der Waals surface area contributed by atoms with Crippen molar-refractivity contribution in [2.24, 2.45) is 5.73 Å². The summed E-state index contributed by atoms with van der Waals surface area (Å²) in [6.45, 7) is 2.81. The van der Waals surface area contributed by atoms with E-state index in [0.717, 1.165) is 23.3 Å². The van der Waals surface area contributed by atoms with E-state index in [1.165, 1.54) is 18.2 Å². The lowest BCUT2D eigenvalue weighted by molar-refractivity contribution is 0.302. The minimum Gasteiger partial charge on any atom is -0.489 e. The molecule has 4 heteroatoms. The van der Waals surface area contributed by atoms with Gasteiger partial charge < -0.3 is 10.5 Å². The molecule has 0 saturated carbocycles. The van der Waals surface area contributed by atoms with Crippen LogP contribution in [0.5, 0.6) is 5.75 Å². The molecule has 0 radical (unpaired) electrons. The molecule has 2 rings (SSSR count). The molecule has 2 N–H and O–H groups in total. The van der Waals surface area contributed by atoms with Crippen LogP contribution in [0, 0.1) is 12.7 Å². The van der Waals surface area contributed by atoms with E-state index >= 15 is 0 Å². The third-order valence-electron chi connectivity index (χ3n) is 3.02. The monoisotopic (exact) mass is 293 g/mol. The normalized spacial score (nSPS) is 10.6. The summed E-state index contributed by atoms with van der Waals surface area (Å²) in [6.07, 6.45) is 0.744. The van der Waals surface area contributed by atoms with Gasteiger partial charge in [-0.05, 0) is 49.7 Å². The minimum atomic E-state index is -0.320. The summed E-state index contributed by atoms with van der Waals surface area (Å²) in [5, 5.41) is 0.499. The van der Waals surface area contributed by atoms with E-state index in [0.29, 0.717) is 17.1 Å². The highest BCUT2D eigenvalue weighted by Gasteiger charge is 2.07. The maximum absolute atomic E-state index is 13.2.